The van der Waals surface area contributed by atoms with E-state index in [1.165, 1.54) is 24.8 Å². The zero-order chi connectivity index (χ0) is 16.4. The first kappa shape index (κ1) is 18.5. The Morgan fingerprint density at radius 2 is 2.24 bits per heavy atom. The van der Waals surface area contributed by atoms with Crippen molar-refractivity contribution in [1.29, 1.82) is 0 Å². The van der Waals surface area contributed by atoms with Gasteiger partial charge in [-0.1, -0.05) is 0 Å². The Morgan fingerprint density at radius 1 is 1.32 bits per heavy atom. The maximum atomic E-state index is 6.36. The molecule has 2 N–H and O–H groups in total. The third-order valence-electron chi connectivity index (χ3n) is 5.48. The van der Waals surface area contributed by atoms with Crippen LogP contribution in [0.4, 0.5) is 0 Å². The molecule has 1 saturated heterocycles. The van der Waals surface area contributed by atoms with E-state index < -0.39 is 0 Å². The van der Waals surface area contributed by atoms with Crippen molar-refractivity contribution in [3.63, 3.8) is 0 Å². The van der Waals surface area contributed by atoms with Gasteiger partial charge in [-0.2, -0.15) is 5.10 Å². The average molecular weight is 366 g/mol. The van der Waals surface area contributed by atoms with Crippen LogP contribution in [0.3, 0.4) is 0 Å². The minimum Gasteiger partial charge on any atom is -0.490 e. The van der Waals surface area contributed by atoms with Crippen LogP contribution in [0.2, 0.25) is 0 Å². The maximum Gasteiger partial charge on any atom is 0.123 e. The van der Waals surface area contributed by atoms with Crippen molar-refractivity contribution in [1.82, 2.24) is 15.5 Å². The van der Waals surface area contributed by atoms with Crippen LogP contribution in [0.15, 0.2) is 18.3 Å². The first-order chi connectivity index (χ1) is 11.8. The molecule has 2 aromatic rings. The Kier molecular flexibility index (Phi) is 6.20. The van der Waals surface area contributed by atoms with Crippen molar-refractivity contribution < 1.29 is 9.47 Å². The van der Waals surface area contributed by atoms with Crippen LogP contribution in [0.1, 0.15) is 37.7 Å². The number of aryl methyl sites for hydroxylation is 1. The zero-order valence-electron chi connectivity index (χ0n) is 14.8. The van der Waals surface area contributed by atoms with Crippen LogP contribution in [0.25, 0.3) is 10.9 Å². The first-order valence-corrected chi connectivity index (χ1v) is 9.20. The van der Waals surface area contributed by atoms with E-state index in [1.807, 2.05) is 6.20 Å². The molecule has 1 aromatic heterocycles. The van der Waals surface area contributed by atoms with Gasteiger partial charge in [-0.15, -0.1) is 12.4 Å². The van der Waals surface area contributed by atoms with Gasteiger partial charge in [0.15, 0.2) is 0 Å². The minimum absolute atomic E-state index is 0. The van der Waals surface area contributed by atoms with Gasteiger partial charge in [0.1, 0.15) is 11.9 Å². The molecule has 2 fully saturated rings. The summed E-state index contributed by atoms with van der Waals surface area (Å²) in [6.07, 6.45) is 8.11. The molecule has 1 aromatic carbocycles. The molecule has 138 valence electrons. The summed E-state index contributed by atoms with van der Waals surface area (Å²) < 4.78 is 11.8. The Labute approximate surface area is 155 Å². The van der Waals surface area contributed by atoms with Gasteiger partial charge in [-0.25, -0.2) is 0 Å². The zero-order valence-corrected chi connectivity index (χ0v) is 15.6. The molecule has 0 bridgehead atoms. The normalized spacial score (nSPS) is 26.5. The highest BCUT2D eigenvalue weighted by Crippen LogP contribution is 2.30. The van der Waals surface area contributed by atoms with E-state index >= 15 is 0 Å². The monoisotopic (exact) mass is 365 g/mol. The third-order valence-corrected chi connectivity index (χ3v) is 5.48. The lowest BCUT2D eigenvalue weighted by atomic mass is 9.92. The van der Waals surface area contributed by atoms with Crippen LogP contribution in [-0.4, -0.2) is 42.1 Å². The molecule has 3 atom stereocenters. The topological polar surface area (TPSA) is 59.2 Å². The highest BCUT2D eigenvalue weighted by Gasteiger charge is 2.25. The number of ether oxygens (including phenoxy) is 2. The van der Waals surface area contributed by atoms with Crippen LogP contribution in [0.5, 0.6) is 5.75 Å². The van der Waals surface area contributed by atoms with Crippen LogP contribution >= 0.6 is 12.4 Å². The maximum absolute atomic E-state index is 6.36. The molecule has 1 aliphatic heterocycles. The number of hydrogen-bond acceptors (Lipinski definition) is 4. The highest BCUT2D eigenvalue weighted by molar-refractivity contribution is 5.85. The summed E-state index contributed by atoms with van der Waals surface area (Å²) in [4.78, 5) is 0. The molecular weight excluding hydrogens is 338 g/mol. The van der Waals surface area contributed by atoms with Crippen molar-refractivity contribution in [3.05, 3.63) is 23.9 Å². The molecule has 0 spiro atoms. The molecule has 2 heterocycles. The van der Waals surface area contributed by atoms with Gasteiger partial charge >= 0.3 is 0 Å². The highest BCUT2D eigenvalue weighted by atomic mass is 35.5. The second-order valence-electron chi connectivity index (χ2n) is 7.26. The van der Waals surface area contributed by atoms with E-state index in [4.69, 9.17) is 9.47 Å². The van der Waals surface area contributed by atoms with E-state index in [2.05, 4.69) is 34.6 Å². The molecular formula is C19H28ClN3O2. The molecule has 2 aliphatic rings. The van der Waals surface area contributed by atoms with E-state index in [-0.39, 0.29) is 12.4 Å². The molecule has 5 nitrogen and oxygen atoms in total. The van der Waals surface area contributed by atoms with Gasteiger partial charge in [0.2, 0.25) is 0 Å². The molecule has 0 radical (unpaired) electrons. The van der Waals surface area contributed by atoms with Crippen molar-refractivity contribution in [2.75, 3.05) is 19.8 Å². The Morgan fingerprint density at radius 3 is 3.08 bits per heavy atom. The number of benzene rings is 1. The Bertz CT molecular complexity index is 684. The molecule has 25 heavy (non-hydrogen) atoms. The predicted octanol–water partition coefficient (Wildman–Crippen LogP) is 3.61. The summed E-state index contributed by atoms with van der Waals surface area (Å²) in [5.74, 6) is 1.69. The van der Waals surface area contributed by atoms with Crippen LogP contribution < -0.4 is 10.1 Å². The van der Waals surface area contributed by atoms with E-state index in [1.54, 1.807) is 0 Å². The summed E-state index contributed by atoms with van der Waals surface area (Å²) in [7, 11) is 0. The van der Waals surface area contributed by atoms with Gasteiger partial charge in [-0.05, 0) is 57.1 Å². The van der Waals surface area contributed by atoms with Crippen LogP contribution in [0, 0.1) is 12.8 Å². The molecule has 6 heteroatoms. The number of hydrogen-bond donors (Lipinski definition) is 2. The van der Waals surface area contributed by atoms with Gasteiger partial charge in [0, 0.05) is 30.1 Å². The first-order valence-electron chi connectivity index (χ1n) is 9.20. The number of nitrogens with zero attached hydrogens (tertiary/aromatic N) is 1. The number of fused-ring (bicyclic) bond motifs is 1. The second kappa shape index (κ2) is 8.39. The fourth-order valence-electron chi connectivity index (χ4n) is 3.96. The Balaban J connectivity index is 0.00000182. The third kappa shape index (κ3) is 4.27. The number of aromatic amines is 1. The summed E-state index contributed by atoms with van der Waals surface area (Å²) in [5.41, 5.74) is 2.25. The fraction of sp³-hybridized carbons (Fsp3) is 0.632. The van der Waals surface area contributed by atoms with E-state index in [0.29, 0.717) is 18.1 Å². The van der Waals surface area contributed by atoms with Crippen LogP contribution in [-0.2, 0) is 4.74 Å². The summed E-state index contributed by atoms with van der Waals surface area (Å²) in [6, 6.07) is 4.70. The quantitative estimate of drug-likeness (QED) is 0.849. The van der Waals surface area contributed by atoms with Gasteiger partial charge in [0.05, 0.1) is 18.3 Å². The number of aromatic nitrogens is 2. The number of H-pyrrole nitrogens is 1. The van der Waals surface area contributed by atoms with Crippen molar-refractivity contribution in [2.24, 2.45) is 5.92 Å². The largest absolute Gasteiger partial charge is 0.490 e. The molecule has 4 rings (SSSR count). The molecule has 1 saturated carbocycles. The van der Waals surface area contributed by atoms with Gasteiger partial charge in [0.25, 0.3) is 0 Å². The van der Waals surface area contributed by atoms with E-state index in [0.717, 1.165) is 49.3 Å². The second-order valence-corrected chi connectivity index (χ2v) is 7.26. The summed E-state index contributed by atoms with van der Waals surface area (Å²) in [5, 5.41) is 12.0. The van der Waals surface area contributed by atoms with E-state index in [9.17, 15) is 0 Å². The molecule has 1 aliphatic carbocycles. The average Bonchev–Trinajstić information content (AvgIpc) is 3.27. The van der Waals surface area contributed by atoms with Crippen molar-refractivity contribution >= 4 is 23.3 Å². The number of nitrogens with one attached hydrogen (secondary N) is 2. The lowest BCUT2D eigenvalue weighted by molar-refractivity contribution is 0.131. The molecule has 1 unspecified atom stereocenters. The van der Waals surface area contributed by atoms with Gasteiger partial charge < -0.3 is 14.8 Å². The summed E-state index contributed by atoms with van der Waals surface area (Å²) in [6.45, 7) is 5.05. The predicted molar refractivity (Wildman–Crippen MR) is 102 cm³/mol. The lowest BCUT2D eigenvalue weighted by Gasteiger charge is -2.31. The van der Waals surface area contributed by atoms with Crippen molar-refractivity contribution in [2.45, 2.75) is 51.2 Å². The minimum atomic E-state index is 0. The van der Waals surface area contributed by atoms with Gasteiger partial charge in [-0.3, -0.25) is 5.10 Å². The number of rotatable bonds is 5. The molecule has 0 amide bonds. The number of halogens is 1. The lowest BCUT2D eigenvalue weighted by Crippen LogP contribution is -2.40. The SMILES string of the molecule is Cc1c(O[C@H]2CCC[C@@H](NCC3CCOC3)C2)ccc2[nH]ncc12.Cl. The Hall–Kier alpha value is -1.30. The van der Waals surface area contributed by atoms with Crippen molar-refractivity contribution in [3.8, 4) is 5.75 Å². The standard InChI is InChI=1S/C19H27N3O2.ClH/c1-13-17-11-21-22-18(17)5-6-19(13)24-16-4-2-3-15(9-16)20-10-14-7-8-23-12-14;/h5-6,11,14-16,20H,2-4,7-10,12H2,1H3,(H,21,22);1H/t14?,15-,16+;/m1./s1. The smallest absolute Gasteiger partial charge is 0.123 e. The fourth-order valence-corrected chi connectivity index (χ4v) is 3.96. The summed E-state index contributed by atoms with van der Waals surface area (Å²) >= 11 is 0.